The summed E-state index contributed by atoms with van der Waals surface area (Å²) in [7, 11) is 0. The Morgan fingerprint density at radius 1 is 1.21 bits per heavy atom. The van der Waals surface area contributed by atoms with Crippen LogP contribution < -0.4 is 15.6 Å². The molecule has 0 aromatic carbocycles. The van der Waals surface area contributed by atoms with E-state index < -0.39 is 24.2 Å². The molecule has 1 fully saturated rings. The first-order valence-corrected chi connectivity index (χ1v) is 10.1. The van der Waals surface area contributed by atoms with Crippen LogP contribution >= 0.6 is 0 Å². The zero-order valence-electron chi connectivity index (χ0n) is 17.3. The molecule has 0 spiro atoms. The number of amides is 1. The van der Waals surface area contributed by atoms with E-state index in [0.717, 1.165) is 19.0 Å². The first kappa shape index (κ1) is 22.5. The third-order valence-corrected chi connectivity index (χ3v) is 5.00. The summed E-state index contributed by atoms with van der Waals surface area (Å²) in [5, 5.41) is 6.87. The Kier molecular flexibility index (Phi) is 6.45. The molecule has 12 heteroatoms. The predicted octanol–water partition coefficient (Wildman–Crippen LogP) is 2.97. The quantitative estimate of drug-likeness (QED) is 0.603. The lowest BCUT2D eigenvalue weighted by atomic mass is 10.1. The van der Waals surface area contributed by atoms with Crippen molar-refractivity contribution in [3.05, 3.63) is 64.8 Å². The van der Waals surface area contributed by atoms with Gasteiger partial charge in [-0.25, -0.2) is 9.67 Å². The molecule has 0 bridgehead atoms. The summed E-state index contributed by atoms with van der Waals surface area (Å²) in [4.78, 5) is 29.5. The highest BCUT2D eigenvalue weighted by Gasteiger charge is 2.28. The number of hydrogen-bond acceptors (Lipinski definition) is 6. The van der Waals surface area contributed by atoms with Gasteiger partial charge in [-0.3, -0.25) is 14.2 Å². The van der Waals surface area contributed by atoms with E-state index in [1.165, 1.54) is 22.8 Å². The number of anilines is 1. The molecule has 9 nitrogen and oxygen atoms in total. The number of aromatic nitrogens is 4. The van der Waals surface area contributed by atoms with E-state index in [-0.39, 0.29) is 23.2 Å². The highest BCUT2D eigenvalue weighted by atomic mass is 19.4. The fraction of sp³-hybridized carbons (Fsp3) is 0.333. The summed E-state index contributed by atoms with van der Waals surface area (Å²) in [5.41, 5.74) is -0.460. The average molecular weight is 463 g/mol. The van der Waals surface area contributed by atoms with Crippen molar-refractivity contribution in [2.75, 3.05) is 25.1 Å². The maximum absolute atomic E-state index is 13.1. The topological polar surface area (TPSA) is 100 Å². The molecule has 1 amide bonds. The maximum Gasteiger partial charge on any atom is 0.422 e. The van der Waals surface area contributed by atoms with Crippen LogP contribution in [0.15, 0.2) is 53.7 Å². The van der Waals surface area contributed by atoms with Gasteiger partial charge in [-0.05, 0) is 31.0 Å². The van der Waals surface area contributed by atoms with Gasteiger partial charge in [-0.15, -0.1) is 0 Å². The highest BCUT2D eigenvalue weighted by Crippen LogP contribution is 2.23. The number of carbonyl (C=O) groups is 1. The van der Waals surface area contributed by atoms with E-state index in [4.69, 9.17) is 4.74 Å². The summed E-state index contributed by atoms with van der Waals surface area (Å²) >= 11 is 0. The van der Waals surface area contributed by atoms with E-state index in [0.29, 0.717) is 19.0 Å². The molecule has 174 valence electrons. The molecule has 1 aliphatic heterocycles. The van der Waals surface area contributed by atoms with Crippen LogP contribution in [0.1, 0.15) is 29.2 Å². The van der Waals surface area contributed by atoms with Crippen molar-refractivity contribution in [1.82, 2.24) is 19.3 Å². The Hall–Kier alpha value is -3.67. The zero-order valence-corrected chi connectivity index (χ0v) is 17.3. The molecule has 33 heavy (non-hydrogen) atoms. The third-order valence-electron chi connectivity index (χ3n) is 5.00. The number of nitrogens with one attached hydrogen (secondary N) is 1. The van der Waals surface area contributed by atoms with Gasteiger partial charge in [0, 0.05) is 31.5 Å². The molecule has 0 saturated carbocycles. The second-order valence-corrected chi connectivity index (χ2v) is 7.32. The van der Waals surface area contributed by atoms with Gasteiger partial charge in [-0.1, -0.05) is 0 Å². The van der Waals surface area contributed by atoms with E-state index in [2.05, 4.69) is 20.1 Å². The van der Waals surface area contributed by atoms with Crippen LogP contribution in [0.5, 0.6) is 5.88 Å². The smallest absolute Gasteiger partial charge is 0.422 e. The lowest BCUT2D eigenvalue weighted by Gasteiger charge is -2.24. The average Bonchev–Trinajstić information content (AvgIpc) is 3.28. The zero-order chi connectivity index (χ0) is 23.4. The van der Waals surface area contributed by atoms with E-state index >= 15 is 0 Å². The van der Waals surface area contributed by atoms with Gasteiger partial charge in [0.15, 0.2) is 6.61 Å². The lowest BCUT2D eigenvalue weighted by Crippen LogP contribution is -2.30. The number of rotatable bonds is 6. The molecule has 3 aromatic heterocycles. The van der Waals surface area contributed by atoms with E-state index in [1.807, 2.05) is 0 Å². The molecule has 1 N–H and O–H groups in total. The fourth-order valence-corrected chi connectivity index (χ4v) is 3.45. The number of ether oxygens (including phenoxy) is 2. The molecular formula is C21H20F3N5O4. The van der Waals surface area contributed by atoms with Gasteiger partial charge in [0.2, 0.25) is 5.88 Å². The summed E-state index contributed by atoms with van der Waals surface area (Å²) in [5.74, 6) is -0.389. The van der Waals surface area contributed by atoms with Gasteiger partial charge < -0.3 is 14.8 Å². The summed E-state index contributed by atoms with van der Waals surface area (Å²) in [6.07, 6.45) is 1.34. The van der Waals surface area contributed by atoms with Crippen LogP contribution in [0.4, 0.5) is 18.9 Å². The molecule has 4 rings (SSSR count). The van der Waals surface area contributed by atoms with Crippen molar-refractivity contribution in [3.63, 3.8) is 0 Å². The van der Waals surface area contributed by atoms with Crippen LogP contribution in [-0.4, -0.2) is 51.2 Å². The van der Waals surface area contributed by atoms with Gasteiger partial charge in [0.25, 0.3) is 11.5 Å². The second-order valence-electron chi connectivity index (χ2n) is 7.32. The van der Waals surface area contributed by atoms with Gasteiger partial charge in [0.1, 0.15) is 11.4 Å². The fourth-order valence-electron chi connectivity index (χ4n) is 3.45. The van der Waals surface area contributed by atoms with Gasteiger partial charge in [-0.2, -0.15) is 18.3 Å². The van der Waals surface area contributed by atoms with Crippen molar-refractivity contribution in [3.8, 4) is 11.7 Å². The molecule has 4 heterocycles. The summed E-state index contributed by atoms with van der Waals surface area (Å²) in [6, 6.07) is 7.26. The monoisotopic (exact) mass is 463 g/mol. The number of pyridine rings is 2. The number of hydrogen-bond donors (Lipinski definition) is 1. The van der Waals surface area contributed by atoms with E-state index in [1.54, 1.807) is 29.2 Å². The van der Waals surface area contributed by atoms with Crippen molar-refractivity contribution in [2.45, 2.75) is 25.1 Å². The minimum absolute atomic E-state index is 0.0808. The van der Waals surface area contributed by atoms with Crippen LogP contribution in [0.3, 0.4) is 0 Å². The Bertz CT molecular complexity index is 1170. The van der Waals surface area contributed by atoms with Crippen molar-refractivity contribution < 1.29 is 27.4 Å². The third kappa shape index (κ3) is 5.40. The Morgan fingerprint density at radius 2 is 2.00 bits per heavy atom. The van der Waals surface area contributed by atoms with Crippen LogP contribution in [0.25, 0.3) is 5.82 Å². The highest BCUT2D eigenvalue weighted by molar-refractivity contribution is 6.03. The molecule has 0 unspecified atom stereocenters. The molecule has 1 saturated heterocycles. The van der Waals surface area contributed by atoms with E-state index in [9.17, 15) is 22.8 Å². The van der Waals surface area contributed by atoms with Crippen LogP contribution in [0, 0.1) is 0 Å². The Morgan fingerprint density at radius 3 is 2.70 bits per heavy atom. The lowest BCUT2D eigenvalue weighted by molar-refractivity contribution is -0.154. The molecular weight excluding hydrogens is 443 g/mol. The van der Waals surface area contributed by atoms with Crippen LogP contribution in [-0.2, 0) is 4.74 Å². The number of alkyl halides is 3. The first-order valence-electron chi connectivity index (χ1n) is 10.1. The van der Waals surface area contributed by atoms with Gasteiger partial charge >= 0.3 is 6.18 Å². The minimum atomic E-state index is -4.48. The summed E-state index contributed by atoms with van der Waals surface area (Å²) in [6.45, 7) is -0.259. The largest absolute Gasteiger partial charge is 0.468 e. The molecule has 3 aromatic rings. The standard InChI is InChI=1S/C21H20F3N5O4/c22-21(23,24)13-33-17-4-3-14(12-25-17)27-19(30)16-2-1-9-28(20(16)31)18-5-8-26-29(18)15-6-10-32-11-7-15/h1-5,8-9,12,15H,6-7,10-11,13H2,(H,27,30). The first-order chi connectivity index (χ1) is 15.8. The second kappa shape index (κ2) is 9.45. The van der Waals surface area contributed by atoms with Crippen molar-refractivity contribution >= 4 is 11.6 Å². The predicted molar refractivity (Wildman–Crippen MR) is 111 cm³/mol. The molecule has 1 aliphatic rings. The SMILES string of the molecule is O=C(Nc1ccc(OCC(F)(F)F)nc1)c1cccn(-c2ccnn2C2CCOCC2)c1=O. The Balaban J connectivity index is 1.51. The van der Waals surface area contributed by atoms with Crippen molar-refractivity contribution in [1.29, 1.82) is 0 Å². The minimum Gasteiger partial charge on any atom is -0.468 e. The number of halogens is 3. The number of carbonyl (C=O) groups excluding carboxylic acids is 1. The normalized spacial score (nSPS) is 14.8. The maximum atomic E-state index is 13.1. The molecule has 0 aliphatic carbocycles. The van der Waals surface area contributed by atoms with Crippen LogP contribution in [0.2, 0.25) is 0 Å². The van der Waals surface area contributed by atoms with Crippen molar-refractivity contribution in [2.24, 2.45) is 0 Å². The molecule has 0 atom stereocenters. The summed E-state index contributed by atoms with van der Waals surface area (Å²) < 4.78 is 49.7. The number of nitrogens with zero attached hydrogens (tertiary/aromatic N) is 4. The Labute approximate surface area is 185 Å². The molecule has 0 radical (unpaired) electrons. The van der Waals surface area contributed by atoms with Gasteiger partial charge in [0.05, 0.1) is 24.1 Å².